The number of aryl methyl sites for hydroxylation is 1. The van der Waals surface area contributed by atoms with Gasteiger partial charge in [0.2, 0.25) is 0 Å². The number of aromatic nitrogens is 2. The number of nitrogens with zero attached hydrogens (tertiary/aromatic N) is 3. The van der Waals surface area contributed by atoms with Gasteiger partial charge in [-0.1, -0.05) is 0 Å². The Morgan fingerprint density at radius 3 is 2.92 bits per heavy atom. The quantitative estimate of drug-likeness (QED) is 0.645. The van der Waals surface area contributed by atoms with Gasteiger partial charge in [-0.2, -0.15) is 5.10 Å². The average Bonchev–Trinajstić information content (AvgIpc) is 2.42. The van der Waals surface area contributed by atoms with Crippen LogP contribution in [-0.2, 0) is 20.0 Å². The molecule has 0 aliphatic carbocycles. The molecule has 1 aliphatic heterocycles. The van der Waals surface area contributed by atoms with Crippen molar-refractivity contribution in [3.05, 3.63) is 17.5 Å². The van der Waals surface area contributed by atoms with Gasteiger partial charge in [0.25, 0.3) is 0 Å². The SMILES string of the molecule is CC(C)N1CCc2nn(C)cc2C1. The average molecular weight is 179 g/mol. The Labute approximate surface area is 79.3 Å². The number of hydrogen-bond donors (Lipinski definition) is 0. The normalized spacial score (nSPS) is 17.8. The molecular weight excluding hydrogens is 162 g/mol. The van der Waals surface area contributed by atoms with Crippen LogP contribution in [0, 0.1) is 0 Å². The molecule has 0 saturated carbocycles. The number of rotatable bonds is 1. The molecule has 0 radical (unpaired) electrons. The second kappa shape index (κ2) is 3.14. The molecule has 1 aromatic heterocycles. The van der Waals surface area contributed by atoms with Crippen molar-refractivity contribution in [1.29, 1.82) is 0 Å². The Kier molecular flexibility index (Phi) is 2.12. The van der Waals surface area contributed by atoms with Gasteiger partial charge in [-0.05, 0) is 13.8 Å². The highest BCUT2D eigenvalue weighted by Gasteiger charge is 2.20. The lowest BCUT2D eigenvalue weighted by Crippen LogP contribution is -2.35. The monoisotopic (exact) mass is 179 g/mol. The maximum Gasteiger partial charge on any atom is 0.0682 e. The van der Waals surface area contributed by atoms with Crippen LogP contribution in [0.15, 0.2) is 6.20 Å². The molecule has 0 N–H and O–H groups in total. The zero-order valence-corrected chi connectivity index (χ0v) is 8.62. The molecule has 0 spiro atoms. The van der Waals surface area contributed by atoms with Gasteiger partial charge in [0.15, 0.2) is 0 Å². The van der Waals surface area contributed by atoms with Gasteiger partial charge >= 0.3 is 0 Å². The molecule has 0 unspecified atom stereocenters. The molecule has 72 valence electrons. The van der Waals surface area contributed by atoms with E-state index in [4.69, 9.17) is 0 Å². The van der Waals surface area contributed by atoms with Crippen LogP contribution < -0.4 is 0 Å². The third-order valence-electron chi connectivity index (χ3n) is 2.73. The van der Waals surface area contributed by atoms with Crippen LogP contribution in [0.25, 0.3) is 0 Å². The van der Waals surface area contributed by atoms with E-state index < -0.39 is 0 Å². The van der Waals surface area contributed by atoms with Crippen molar-refractivity contribution in [2.24, 2.45) is 7.05 Å². The van der Waals surface area contributed by atoms with Gasteiger partial charge in [0.05, 0.1) is 5.69 Å². The van der Waals surface area contributed by atoms with Crippen LogP contribution in [-0.4, -0.2) is 27.3 Å². The van der Waals surface area contributed by atoms with Crippen molar-refractivity contribution in [3.8, 4) is 0 Å². The van der Waals surface area contributed by atoms with E-state index in [1.807, 2.05) is 11.7 Å². The first-order valence-corrected chi connectivity index (χ1v) is 4.92. The predicted molar refractivity (Wildman–Crippen MR) is 52.5 cm³/mol. The van der Waals surface area contributed by atoms with Crippen LogP contribution in [0.2, 0.25) is 0 Å². The van der Waals surface area contributed by atoms with E-state index in [-0.39, 0.29) is 0 Å². The minimum absolute atomic E-state index is 0.647. The lowest BCUT2D eigenvalue weighted by atomic mass is 10.1. The fourth-order valence-electron chi connectivity index (χ4n) is 1.91. The fourth-order valence-corrected chi connectivity index (χ4v) is 1.91. The van der Waals surface area contributed by atoms with E-state index in [1.54, 1.807) is 0 Å². The second-order valence-corrected chi connectivity index (χ2v) is 4.09. The number of fused-ring (bicyclic) bond motifs is 1. The molecule has 2 heterocycles. The summed E-state index contributed by atoms with van der Waals surface area (Å²) in [6.07, 6.45) is 3.25. The van der Waals surface area contributed by atoms with Crippen LogP contribution in [0.3, 0.4) is 0 Å². The Bertz CT molecular complexity index is 301. The Balaban J connectivity index is 2.19. The highest BCUT2D eigenvalue weighted by atomic mass is 15.3. The zero-order chi connectivity index (χ0) is 9.42. The van der Waals surface area contributed by atoms with Crippen molar-refractivity contribution >= 4 is 0 Å². The maximum absolute atomic E-state index is 4.43. The third-order valence-corrected chi connectivity index (χ3v) is 2.73. The highest BCUT2D eigenvalue weighted by molar-refractivity contribution is 5.19. The maximum atomic E-state index is 4.43. The Hall–Kier alpha value is -0.830. The van der Waals surface area contributed by atoms with Gasteiger partial charge < -0.3 is 0 Å². The predicted octanol–water partition coefficient (Wildman–Crippen LogP) is 1.19. The molecular formula is C10H17N3. The molecule has 13 heavy (non-hydrogen) atoms. The lowest BCUT2D eigenvalue weighted by molar-refractivity contribution is 0.203. The molecule has 0 atom stereocenters. The summed E-state index contributed by atoms with van der Waals surface area (Å²) in [5, 5.41) is 4.43. The Morgan fingerprint density at radius 1 is 1.46 bits per heavy atom. The topological polar surface area (TPSA) is 21.1 Å². The molecule has 1 aromatic rings. The van der Waals surface area contributed by atoms with Crippen LogP contribution in [0.1, 0.15) is 25.1 Å². The summed E-state index contributed by atoms with van der Waals surface area (Å²) in [7, 11) is 2.00. The van der Waals surface area contributed by atoms with Gasteiger partial charge in [0, 0.05) is 44.4 Å². The first-order chi connectivity index (χ1) is 6.16. The second-order valence-electron chi connectivity index (χ2n) is 4.09. The van der Waals surface area contributed by atoms with Crippen molar-refractivity contribution in [2.45, 2.75) is 32.9 Å². The van der Waals surface area contributed by atoms with Crippen molar-refractivity contribution in [3.63, 3.8) is 0 Å². The minimum atomic E-state index is 0.647. The van der Waals surface area contributed by atoms with Gasteiger partial charge in [-0.25, -0.2) is 0 Å². The van der Waals surface area contributed by atoms with E-state index in [0.29, 0.717) is 6.04 Å². The van der Waals surface area contributed by atoms with Crippen LogP contribution >= 0.6 is 0 Å². The lowest BCUT2D eigenvalue weighted by Gasteiger charge is -2.29. The molecule has 2 rings (SSSR count). The van der Waals surface area contributed by atoms with Crippen molar-refractivity contribution in [1.82, 2.24) is 14.7 Å². The summed E-state index contributed by atoms with van der Waals surface area (Å²) in [4.78, 5) is 2.49. The van der Waals surface area contributed by atoms with Gasteiger partial charge in [-0.3, -0.25) is 9.58 Å². The van der Waals surface area contributed by atoms with Gasteiger partial charge in [0.1, 0.15) is 0 Å². The molecule has 0 fully saturated rings. The highest BCUT2D eigenvalue weighted by Crippen LogP contribution is 2.18. The number of hydrogen-bond acceptors (Lipinski definition) is 2. The molecule has 3 heteroatoms. The van der Waals surface area contributed by atoms with E-state index in [1.165, 1.54) is 11.3 Å². The molecule has 1 aliphatic rings. The summed E-state index contributed by atoms with van der Waals surface area (Å²) >= 11 is 0. The summed E-state index contributed by atoms with van der Waals surface area (Å²) in [6, 6.07) is 0.647. The van der Waals surface area contributed by atoms with E-state index >= 15 is 0 Å². The molecule has 0 amide bonds. The summed E-state index contributed by atoms with van der Waals surface area (Å²) < 4.78 is 1.93. The first-order valence-electron chi connectivity index (χ1n) is 4.92. The van der Waals surface area contributed by atoms with E-state index in [9.17, 15) is 0 Å². The standard InChI is InChI=1S/C10H17N3/c1-8(2)13-5-4-10-9(7-13)6-12(3)11-10/h6,8H,4-5,7H2,1-3H3. The summed E-state index contributed by atoms with van der Waals surface area (Å²) in [5.74, 6) is 0. The summed E-state index contributed by atoms with van der Waals surface area (Å²) in [6.45, 7) is 6.73. The minimum Gasteiger partial charge on any atom is -0.296 e. The third kappa shape index (κ3) is 1.61. The zero-order valence-electron chi connectivity index (χ0n) is 8.62. The molecule has 0 bridgehead atoms. The van der Waals surface area contributed by atoms with Crippen LogP contribution in [0.5, 0.6) is 0 Å². The van der Waals surface area contributed by atoms with Crippen LogP contribution in [0.4, 0.5) is 0 Å². The van der Waals surface area contributed by atoms with E-state index in [2.05, 4.69) is 30.0 Å². The molecule has 0 aromatic carbocycles. The van der Waals surface area contributed by atoms with Crippen molar-refractivity contribution < 1.29 is 0 Å². The Morgan fingerprint density at radius 2 is 2.23 bits per heavy atom. The molecule has 0 saturated heterocycles. The smallest absolute Gasteiger partial charge is 0.0682 e. The van der Waals surface area contributed by atoms with Crippen molar-refractivity contribution in [2.75, 3.05) is 6.54 Å². The summed E-state index contributed by atoms with van der Waals surface area (Å²) in [5.41, 5.74) is 2.70. The fraction of sp³-hybridized carbons (Fsp3) is 0.700. The first kappa shape index (κ1) is 8.75. The van der Waals surface area contributed by atoms with E-state index in [0.717, 1.165) is 19.5 Å². The molecule has 3 nitrogen and oxygen atoms in total. The van der Waals surface area contributed by atoms with Gasteiger partial charge in [-0.15, -0.1) is 0 Å². The largest absolute Gasteiger partial charge is 0.296 e.